The van der Waals surface area contributed by atoms with Crippen LogP contribution in [-0.4, -0.2) is 5.26 Å². The van der Waals surface area contributed by atoms with Gasteiger partial charge < -0.3 is 5.43 Å². The fraction of sp³-hybridized carbons (Fsp3) is 0. The molecule has 5 nitrogen and oxygen atoms in total. The second-order valence-electron chi connectivity index (χ2n) is 1.89. The number of benzene rings is 1. The highest BCUT2D eigenvalue weighted by Gasteiger charge is 1.94. The number of hydrogen-bond acceptors (Lipinski definition) is 6. The summed E-state index contributed by atoms with van der Waals surface area (Å²) < 4.78 is 4.21. The molecule has 1 aromatic rings. The lowest BCUT2D eigenvalue weighted by molar-refractivity contribution is -0.432. The van der Waals surface area contributed by atoms with Gasteiger partial charge in [-0.15, -0.1) is 4.33 Å². The van der Waals surface area contributed by atoms with Crippen molar-refractivity contribution in [2.24, 2.45) is 5.84 Å². The molecule has 12 heavy (non-hydrogen) atoms. The van der Waals surface area contributed by atoms with E-state index in [2.05, 4.69) is 14.8 Å². The van der Waals surface area contributed by atoms with Crippen LogP contribution in [0.1, 0.15) is 0 Å². The van der Waals surface area contributed by atoms with Gasteiger partial charge in [0.25, 0.3) is 0 Å². The molecular weight excluding hydrogens is 180 g/mol. The van der Waals surface area contributed by atoms with E-state index >= 15 is 0 Å². The van der Waals surface area contributed by atoms with Gasteiger partial charge in [-0.3, -0.25) is 5.84 Å². The lowest BCUT2D eigenvalue weighted by atomic mass is 10.3. The van der Waals surface area contributed by atoms with E-state index < -0.39 is 0 Å². The largest absolute Gasteiger partial charge is 0.324 e. The molecule has 0 aliphatic rings. The van der Waals surface area contributed by atoms with Crippen molar-refractivity contribution in [2.75, 3.05) is 5.43 Å². The first kappa shape index (κ1) is 9.30. The molecule has 4 N–H and O–H groups in total. The zero-order valence-corrected chi connectivity index (χ0v) is 6.88. The Morgan fingerprint density at radius 3 is 2.50 bits per heavy atom. The lowest BCUT2D eigenvalue weighted by Gasteiger charge is -2.00. The molecule has 0 radical (unpaired) electrons. The molecule has 0 saturated heterocycles. The number of hydrogen-bond donors (Lipinski definition) is 3. The Morgan fingerprint density at radius 1 is 1.33 bits per heavy atom. The van der Waals surface area contributed by atoms with Crippen molar-refractivity contribution in [2.45, 2.75) is 4.90 Å². The molecule has 0 heterocycles. The third-order valence-corrected chi connectivity index (χ3v) is 1.78. The molecule has 6 heteroatoms. The van der Waals surface area contributed by atoms with E-state index in [0.717, 1.165) is 22.6 Å². The van der Waals surface area contributed by atoms with E-state index in [-0.39, 0.29) is 0 Å². The fourth-order valence-electron chi connectivity index (χ4n) is 0.661. The van der Waals surface area contributed by atoms with Gasteiger partial charge in [-0.1, -0.05) is 5.04 Å². The van der Waals surface area contributed by atoms with Crippen LogP contribution in [-0.2, 0) is 9.37 Å². The minimum Gasteiger partial charge on any atom is -0.324 e. The molecule has 0 saturated carbocycles. The lowest BCUT2D eigenvalue weighted by Crippen LogP contribution is -2.05. The zero-order chi connectivity index (χ0) is 8.81. The second-order valence-corrected chi connectivity index (χ2v) is 2.67. The SMILES string of the molecule is NNc1ccc(SOOO)cc1. The van der Waals surface area contributed by atoms with Crippen LogP contribution in [0.4, 0.5) is 5.69 Å². The van der Waals surface area contributed by atoms with Crippen LogP contribution in [0, 0.1) is 0 Å². The Bertz CT molecular complexity index is 229. The van der Waals surface area contributed by atoms with E-state index in [1.54, 1.807) is 24.3 Å². The highest BCUT2D eigenvalue weighted by Crippen LogP contribution is 2.20. The van der Waals surface area contributed by atoms with E-state index in [1.165, 1.54) is 0 Å². The van der Waals surface area contributed by atoms with Gasteiger partial charge in [-0.25, -0.2) is 5.26 Å². The Balaban J connectivity index is 2.53. The van der Waals surface area contributed by atoms with Crippen LogP contribution in [0.5, 0.6) is 0 Å². The van der Waals surface area contributed by atoms with Gasteiger partial charge in [-0.2, -0.15) is 0 Å². The molecule has 1 rings (SSSR count). The van der Waals surface area contributed by atoms with E-state index in [9.17, 15) is 0 Å². The normalized spacial score (nSPS) is 9.83. The van der Waals surface area contributed by atoms with Crippen molar-refractivity contribution in [3.63, 3.8) is 0 Å². The van der Waals surface area contributed by atoms with Gasteiger partial charge in [0.2, 0.25) is 0 Å². The van der Waals surface area contributed by atoms with Crippen LogP contribution in [0.25, 0.3) is 0 Å². The number of nitrogen functional groups attached to an aromatic ring is 1. The summed E-state index contributed by atoms with van der Waals surface area (Å²) in [6.45, 7) is 0. The molecule has 0 aromatic heterocycles. The van der Waals surface area contributed by atoms with Gasteiger partial charge in [-0.05, 0) is 24.3 Å². The topological polar surface area (TPSA) is 76.7 Å². The maximum Gasteiger partial charge on any atom is 0.0714 e. The number of rotatable bonds is 4. The first-order chi connectivity index (χ1) is 5.86. The van der Waals surface area contributed by atoms with Crippen LogP contribution < -0.4 is 11.3 Å². The number of hydrazine groups is 1. The Hall–Kier alpha value is -0.790. The fourth-order valence-corrected chi connectivity index (χ4v) is 1.02. The van der Waals surface area contributed by atoms with Crippen LogP contribution in [0.15, 0.2) is 29.2 Å². The highest BCUT2D eigenvalue weighted by atomic mass is 32.2. The minimum absolute atomic E-state index is 0.794. The van der Waals surface area contributed by atoms with Gasteiger partial charge in [0.1, 0.15) is 0 Å². The van der Waals surface area contributed by atoms with E-state index in [4.69, 9.17) is 11.1 Å². The quantitative estimate of drug-likeness (QED) is 0.287. The highest BCUT2D eigenvalue weighted by molar-refractivity contribution is 7.94. The standard InChI is InChI=1S/C6H8N2O3S/c7-8-5-1-3-6(4-2-5)12-11-10-9/h1-4,8-9H,7H2. The van der Waals surface area contributed by atoms with Crippen LogP contribution >= 0.6 is 12.0 Å². The summed E-state index contributed by atoms with van der Waals surface area (Å²) >= 11 is 0.899. The monoisotopic (exact) mass is 188 g/mol. The zero-order valence-electron chi connectivity index (χ0n) is 6.06. The van der Waals surface area contributed by atoms with Crippen LogP contribution in [0.2, 0.25) is 0 Å². The first-order valence-corrected chi connectivity index (χ1v) is 3.82. The molecule has 0 unspecified atom stereocenters. The average Bonchev–Trinajstić information content (AvgIpc) is 2.15. The second kappa shape index (κ2) is 4.96. The molecule has 0 fully saturated rings. The summed E-state index contributed by atoms with van der Waals surface area (Å²) in [6, 6.07) is 7.06. The van der Waals surface area contributed by atoms with Gasteiger partial charge in [0, 0.05) is 10.6 Å². The third-order valence-electron chi connectivity index (χ3n) is 1.18. The molecule has 0 spiro atoms. The number of nitrogens with two attached hydrogens (primary N) is 1. The van der Waals surface area contributed by atoms with Crippen molar-refractivity contribution in [3.8, 4) is 0 Å². The maximum atomic E-state index is 7.85. The molecule has 0 atom stereocenters. The summed E-state index contributed by atoms with van der Waals surface area (Å²) in [5, 5.41) is 11.3. The predicted molar refractivity (Wildman–Crippen MR) is 44.9 cm³/mol. The number of anilines is 1. The van der Waals surface area contributed by atoms with Crippen molar-refractivity contribution in [1.29, 1.82) is 0 Å². The summed E-state index contributed by atoms with van der Waals surface area (Å²) in [5.74, 6) is 5.15. The third kappa shape index (κ3) is 2.68. The summed E-state index contributed by atoms with van der Waals surface area (Å²) in [7, 11) is 0. The van der Waals surface area contributed by atoms with Crippen molar-refractivity contribution in [1.82, 2.24) is 0 Å². The number of nitrogens with one attached hydrogen (secondary N) is 1. The minimum atomic E-state index is 0.794. The van der Waals surface area contributed by atoms with Crippen LogP contribution in [0.3, 0.4) is 0 Å². The smallest absolute Gasteiger partial charge is 0.0714 e. The predicted octanol–water partition coefficient (Wildman–Crippen LogP) is 1.40. The molecule has 1 aromatic carbocycles. The average molecular weight is 188 g/mol. The molecule has 0 amide bonds. The van der Waals surface area contributed by atoms with Gasteiger partial charge in [0.05, 0.1) is 12.0 Å². The van der Waals surface area contributed by atoms with Crippen molar-refractivity contribution in [3.05, 3.63) is 24.3 Å². The Labute approximate surface area is 73.5 Å². The van der Waals surface area contributed by atoms with Crippen molar-refractivity contribution < 1.29 is 14.6 Å². The Kier molecular flexibility index (Phi) is 3.85. The molecular formula is C6H8N2O3S. The molecule has 0 aliphatic carbocycles. The summed E-state index contributed by atoms with van der Waals surface area (Å²) in [5.41, 5.74) is 3.28. The van der Waals surface area contributed by atoms with Gasteiger partial charge >= 0.3 is 0 Å². The maximum absolute atomic E-state index is 7.85. The summed E-state index contributed by atoms with van der Waals surface area (Å²) in [4.78, 5) is 0.794. The van der Waals surface area contributed by atoms with E-state index in [1.807, 2.05) is 0 Å². The Morgan fingerprint density at radius 2 is 2.00 bits per heavy atom. The molecule has 0 aliphatic heterocycles. The molecule has 0 bridgehead atoms. The summed E-state index contributed by atoms with van der Waals surface area (Å²) in [6.07, 6.45) is 0. The van der Waals surface area contributed by atoms with Gasteiger partial charge in [0.15, 0.2) is 0 Å². The van der Waals surface area contributed by atoms with Crippen molar-refractivity contribution >= 4 is 17.7 Å². The first-order valence-electron chi connectivity index (χ1n) is 3.08. The molecule has 66 valence electrons. The van der Waals surface area contributed by atoms with E-state index in [0.29, 0.717) is 0 Å².